The van der Waals surface area contributed by atoms with Crippen LogP contribution in [0.1, 0.15) is 54.7 Å². The first-order valence-electron chi connectivity index (χ1n) is 6.79. The van der Waals surface area contributed by atoms with Crippen molar-refractivity contribution in [3.63, 3.8) is 0 Å². The first-order chi connectivity index (χ1) is 9.45. The van der Waals surface area contributed by atoms with Crippen molar-refractivity contribution < 1.29 is 19.4 Å². The lowest BCUT2D eigenvalue weighted by atomic mass is 9.94. The number of phenols is 1. The molecule has 0 saturated heterocycles. The van der Waals surface area contributed by atoms with E-state index in [0.717, 1.165) is 0 Å². The SMILES string of the molecule is CC(=O)c1c(C)c(NC(=O)OC(C)(C)C)c(C)c(C)c1O. The Morgan fingerprint density at radius 1 is 1.05 bits per heavy atom. The van der Waals surface area contributed by atoms with Crippen LogP contribution in [-0.4, -0.2) is 22.6 Å². The van der Waals surface area contributed by atoms with Gasteiger partial charge in [-0.2, -0.15) is 0 Å². The third-order valence-electron chi connectivity index (χ3n) is 3.26. The third kappa shape index (κ3) is 3.74. The minimum Gasteiger partial charge on any atom is -0.507 e. The zero-order valence-electron chi connectivity index (χ0n) is 13.7. The normalized spacial score (nSPS) is 11.2. The van der Waals surface area contributed by atoms with Gasteiger partial charge in [0.05, 0.1) is 11.3 Å². The Labute approximate surface area is 125 Å². The van der Waals surface area contributed by atoms with Gasteiger partial charge in [0.15, 0.2) is 5.78 Å². The predicted molar refractivity (Wildman–Crippen MR) is 82.2 cm³/mol. The highest BCUT2D eigenvalue weighted by molar-refractivity contribution is 6.02. The van der Waals surface area contributed by atoms with E-state index >= 15 is 0 Å². The van der Waals surface area contributed by atoms with Crippen LogP contribution in [0.4, 0.5) is 10.5 Å². The average Bonchev–Trinajstić information content (AvgIpc) is 2.29. The second-order valence-corrected chi connectivity index (χ2v) is 6.16. The number of nitrogens with one attached hydrogen (secondary N) is 1. The zero-order chi connectivity index (χ0) is 16.5. The van der Waals surface area contributed by atoms with Crippen LogP contribution >= 0.6 is 0 Å². The van der Waals surface area contributed by atoms with Crippen molar-refractivity contribution in [1.82, 2.24) is 0 Å². The Balaban J connectivity index is 3.31. The van der Waals surface area contributed by atoms with Crippen LogP contribution in [0.3, 0.4) is 0 Å². The molecule has 0 unspecified atom stereocenters. The number of carbonyl (C=O) groups is 2. The topological polar surface area (TPSA) is 75.6 Å². The molecule has 5 heteroatoms. The molecule has 0 spiro atoms. The van der Waals surface area contributed by atoms with Gasteiger partial charge in [0.1, 0.15) is 11.4 Å². The number of rotatable bonds is 2. The van der Waals surface area contributed by atoms with Crippen molar-refractivity contribution in [3.8, 4) is 5.75 Å². The summed E-state index contributed by atoms with van der Waals surface area (Å²) in [6.45, 7) is 11.9. The summed E-state index contributed by atoms with van der Waals surface area (Å²) < 4.78 is 5.22. The number of phenolic OH excluding ortho intramolecular Hbond substituents is 1. The van der Waals surface area contributed by atoms with Gasteiger partial charge in [-0.3, -0.25) is 10.1 Å². The van der Waals surface area contributed by atoms with Gasteiger partial charge in [-0.05, 0) is 65.2 Å². The van der Waals surface area contributed by atoms with E-state index in [1.807, 2.05) is 0 Å². The number of Topliss-reactive ketones (excluding diaryl/α,β-unsaturated/α-hetero) is 1. The second kappa shape index (κ2) is 5.76. The molecule has 1 aromatic carbocycles. The monoisotopic (exact) mass is 293 g/mol. The lowest BCUT2D eigenvalue weighted by molar-refractivity contribution is 0.0635. The number of ether oxygens (including phenoxy) is 1. The fourth-order valence-corrected chi connectivity index (χ4v) is 2.16. The molecule has 0 aliphatic carbocycles. The van der Waals surface area contributed by atoms with E-state index in [-0.39, 0.29) is 17.1 Å². The van der Waals surface area contributed by atoms with Crippen LogP contribution < -0.4 is 5.32 Å². The quantitative estimate of drug-likeness (QED) is 0.641. The van der Waals surface area contributed by atoms with E-state index in [1.165, 1.54) is 6.92 Å². The van der Waals surface area contributed by atoms with Crippen LogP contribution in [0, 0.1) is 20.8 Å². The summed E-state index contributed by atoms with van der Waals surface area (Å²) in [7, 11) is 0. The maximum atomic E-state index is 11.9. The standard InChI is InChI=1S/C16H23NO4/c1-8-9(2)14(19)12(11(4)18)10(3)13(8)17-15(20)21-16(5,6)7/h19H,1-7H3,(H,17,20). The Kier molecular flexibility index (Phi) is 4.66. The number of ketones is 1. The number of hydrogen-bond acceptors (Lipinski definition) is 4. The highest BCUT2D eigenvalue weighted by Gasteiger charge is 2.23. The van der Waals surface area contributed by atoms with Gasteiger partial charge in [-0.1, -0.05) is 0 Å². The Morgan fingerprint density at radius 3 is 2.00 bits per heavy atom. The van der Waals surface area contributed by atoms with E-state index in [0.29, 0.717) is 22.4 Å². The first-order valence-corrected chi connectivity index (χ1v) is 6.79. The first kappa shape index (κ1) is 17.0. The van der Waals surface area contributed by atoms with Crippen LogP contribution in [0.5, 0.6) is 5.75 Å². The highest BCUT2D eigenvalue weighted by Crippen LogP contribution is 2.35. The van der Waals surface area contributed by atoms with Crippen molar-refractivity contribution in [2.24, 2.45) is 0 Å². The van der Waals surface area contributed by atoms with Crippen molar-refractivity contribution >= 4 is 17.6 Å². The van der Waals surface area contributed by atoms with Gasteiger partial charge < -0.3 is 9.84 Å². The Hall–Kier alpha value is -2.04. The number of amides is 1. The highest BCUT2D eigenvalue weighted by atomic mass is 16.6. The summed E-state index contributed by atoms with van der Waals surface area (Å²) in [5.74, 6) is -0.285. The van der Waals surface area contributed by atoms with Crippen LogP contribution in [0.25, 0.3) is 0 Å². The summed E-state index contributed by atoms with van der Waals surface area (Å²) in [5.41, 5.74) is 1.93. The van der Waals surface area contributed by atoms with E-state index in [9.17, 15) is 14.7 Å². The molecule has 0 heterocycles. The maximum Gasteiger partial charge on any atom is 0.412 e. The van der Waals surface area contributed by atoms with Gasteiger partial charge >= 0.3 is 6.09 Å². The Morgan fingerprint density at radius 2 is 1.57 bits per heavy atom. The fraction of sp³-hybridized carbons (Fsp3) is 0.500. The van der Waals surface area contributed by atoms with Crippen molar-refractivity contribution in [2.75, 3.05) is 5.32 Å². The van der Waals surface area contributed by atoms with E-state index in [4.69, 9.17) is 4.74 Å². The van der Waals surface area contributed by atoms with Crippen molar-refractivity contribution in [1.29, 1.82) is 0 Å². The summed E-state index contributed by atoms with van der Waals surface area (Å²) in [5, 5.41) is 12.8. The second-order valence-electron chi connectivity index (χ2n) is 6.16. The smallest absolute Gasteiger partial charge is 0.412 e. The molecule has 0 atom stereocenters. The molecule has 2 N–H and O–H groups in total. The molecule has 0 fully saturated rings. The van der Waals surface area contributed by atoms with E-state index < -0.39 is 11.7 Å². The molecule has 0 bridgehead atoms. The number of aromatic hydroxyl groups is 1. The summed E-state index contributed by atoms with van der Waals surface area (Å²) in [6, 6.07) is 0. The molecular weight excluding hydrogens is 270 g/mol. The van der Waals surface area contributed by atoms with Gasteiger partial charge in [0.25, 0.3) is 0 Å². The molecule has 0 radical (unpaired) electrons. The van der Waals surface area contributed by atoms with Gasteiger partial charge in [-0.25, -0.2) is 4.79 Å². The zero-order valence-corrected chi connectivity index (χ0v) is 13.7. The summed E-state index contributed by atoms with van der Waals surface area (Å²) >= 11 is 0. The molecular formula is C16H23NO4. The summed E-state index contributed by atoms with van der Waals surface area (Å²) in [4.78, 5) is 23.6. The van der Waals surface area contributed by atoms with Crippen LogP contribution in [0.2, 0.25) is 0 Å². The van der Waals surface area contributed by atoms with Crippen molar-refractivity contribution in [3.05, 3.63) is 22.3 Å². The summed E-state index contributed by atoms with van der Waals surface area (Å²) in [6.07, 6.45) is -0.590. The number of hydrogen-bond donors (Lipinski definition) is 2. The molecule has 0 aliphatic rings. The minimum absolute atomic E-state index is 0.0350. The fourth-order valence-electron chi connectivity index (χ4n) is 2.16. The molecule has 21 heavy (non-hydrogen) atoms. The lowest BCUT2D eigenvalue weighted by Gasteiger charge is -2.22. The minimum atomic E-state index is -0.610. The molecule has 1 aromatic rings. The number of anilines is 1. The van der Waals surface area contributed by atoms with Gasteiger partial charge in [0, 0.05) is 0 Å². The van der Waals surface area contributed by atoms with Crippen LogP contribution in [-0.2, 0) is 4.74 Å². The van der Waals surface area contributed by atoms with Crippen LogP contribution in [0.15, 0.2) is 0 Å². The molecule has 0 saturated carbocycles. The number of carbonyl (C=O) groups excluding carboxylic acids is 2. The molecule has 0 aliphatic heterocycles. The average molecular weight is 293 g/mol. The molecule has 1 amide bonds. The molecule has 1 rings (SSSR count). The molecule has 0 aromatic heterocycles. The van der Waals surface area contributed by atoms with Crippen molar-refractivity contribution in [2.45, 2.75) is 54.1 Å². The Bertz CT molecular complexity index is 598. The molecule has 116 valence electrons. The van der Waals surface area contributed by atoms with E-state index in [1.54, 1.807) is 41.5 Å². The van der Waals surface area contributed by atoms with Gasteiger partial charge in [-0.15, -0.1) is 0 Å². The molecule has 5 nitrogen and oxygen atoms in total. The third-order valence-corrected chi connectivity index (χ3v) is 3.26. The predicted octanol–water partition coefficient (Wildman–Crippen LogP) is 3.87. The van der Waals surface area contributed by atoms with E-state index in [2.05, 4.69) is 5.32 Å². The largest absolute Gasteiger partial charge is 0.507 e. The lowest BCUT2D eigenvalue weighted by Crippen LogP contribution is -2.28. The number of benzene rings is 1. The maximum absolute atomic E-state index is 11.9. The van der Waals surface area contributed by atoms with Gasteiger partial charge in [0.2, 0.25) is 0 Å².